The van der Waals surface area contributed by atoms with Crippen LogP contribution in [0.4, 0.5) is 0 Å². The van der Waals surface area contributed by atoms with Gasteiger partial charge in [0.1, 0.15) is 11.5 Å². The fourth-order valence-electron chi connectivity index (χ4n) is 2.01. The van der Waals surface area contributed by atoms with Crippen molar-refractivity contribution in [1.29, 1.82) is 0 Å². The molecule has 4 heteroatoms. The van der Waals surface area contributed by atoms with Gasteiger partial charge in [-0.1, -0.05) is 13.8 Å². The van der Waals surface area contributed by atoms with Gasteiger partial charge in [-0.15, -0.1) is 0 Å². The van der Waals surface area contributed by atoms with Gasteiger partial charge in [0.2, 0.25) is 0 Å². The first-order valence-electron chi connectivity index (χ1n) is 6.52. The Morgan fingerprint density at radius 2 is 2.11 bits per heavy atom. The van der Waals surface area contributed by atoms with Gasteiger partial charge >= 0.3 is 0 Å². The minimum absolute atomic E-state index is 0.0477. The SMILES string of the molecule is Cc1cc(C(=O)N(CCCN)CC(C)C)c(C)o1. The number of nitrogens with zero attached hydrogens (tertiary/aromatic N) is 1. The lowest BCUT2D eigenvalue weighted by Gasteiger charge is -2.24. The Morgan fingerprint density at radius 1 is 1.44 bits per heavy atom. The number of nitrogens with two attached hydrogens (primary N) is 1. The maximum Gasteiger partial charge on any atom is 0.257 e. The summed E-state index contributed by atoms with van der Waals surface area (Å²) < 4.78 is 5.42. The standard InChI is InChI=1S/C14H24N2O2/c1-10(2)9-16(7-5-6-15)14(17)13-8-11(3)18-12(13)4/h8,10H,5-7,9,15H2,1-4H3. The fraction of sp³-hybridized carbons (Fsp3) is 0.643. The summed E-state index contributed by atoms with van der Waals surface area (Å²) in [6.45, 7) is 9.96. The Kier molecular flexibility index (Phi) is 5.41. The second-order valence-corrected chi connectivity index (χ2v) is 5.11. The molecule has 18 heavy (non-hydrogen) atoms. The maximum absolute atomic E-state index is 12.4. The smallest absolute Gasteiger partial charge is 0.257 e. The molecular weight excluding hydrogens is 228 g/mol. The third-order valence-electron chi connectivity index (χ3n) is 2.78. The van der Waals surface area contributed by atoms with Gasteiger partial charge in [-0.3, -0.25) is 4.79 Å². The summed E-state index contributed by atoms with van der Waals surface area (Å²) in [6, 6.07) is 1.81. The van der Waals surface area contributed by atoms with E-state index >= 15 is 0 Å². The Bertz CT molecular complexity index is 396. The van der Waals surface area contributed by atoms with Crippen LogP contribution in [-0.2, 0) is 0 Å². The molecule has 1 rings (SSSR count). The average molecular weight is 252 g/mol. The van der Waals surface area contributed by atoms with Crippen LogP contribution in [0.2, 0.25) is 0 Å². The van der Waals surface area contributed by atoms with Gasteiger partial charge in [0.15, 0.2) is 0 Å². The lowest BCUT2D eigenvalue weighted by atomic mass is 10.1. The molecule has 0 unspecified atom stereocenters. The molecule has 0 saturated carbocycles. The topological polar surface area (TPSA) is 59.5 Å². The Hall–Kier alpha value is -1.29. The molecule has 1 amide bonds. The van der Waals surface area contributed by atoms with Crippen LogP contribution in [0, 0.1) is 19.8 Å². The first-order valence-corrected chi connectivity index (χ1v) is 6.52. The van der Waals surface area contributed by atoms with Crippen LogP contribution in [0.3, 0.4) is 0 Å². The predicted octanol–water partition coefficient (Wildman–Crippen LogP) is 2.34. The number of carbonyl (C=O) groups excluding carboxylic acids is 1. The van der Waals surface area contributed by atoms with Gasteiger partial charge < -0.3 is 15.1 Å². The Morgan fingerprint density at radius 3 is 2.56 bits per heavy atom. The third-order valence-corrected chi connectivity index (χ3v) is 2.78. The van der Waals surface area contributed by atoms with Crippen molar-refractivity contribution in [2.24, 2.45) is 11.7 Å². The second kappa shape index (κ2) is 6.59. The van der Waals surface area contributed by atoms with E-state index in [0.29, 0.717) is 30.3 Å². The zero-order valence-corrected chi connectivity index (χ0v) is 11.8. The maximum atomic E-state index is 12.4. The highest BCUT2D eigenvalue weighted by molar-refractivity contribution is 5.95. The van der Waals surface area contributed by atoms with Crippen molar-refractivity contribution in [3.63, 3.8) is 0 Å². The first kappa shape index (κ1) is 14.8. The van der Waals surface area contributed by atoms with Gasteiger partial charge in [0, 0.05) is 13.1 Å². The highest BCUT2D eigenvalue weighted by Crippen LogP contribution is 2.17. The van der Waals surface area contributed by atoms with Crippen LogP contribution in [0.25, 0.3) is 0 Å². The molecule has 102 valence electrons. The normalized spacial score (nSPS) is 11.0. The zero-order chi connectivity index (χ0) is 13.7. The molecule has 1 aromatic rings. The molecule has 0 radical (unpaired) electrons. The minimum Gasteiger partial charge on any atom is -0.466 e. The summed E-state index contributed by atoms with van der Waals surface area (Å²) in [6.07, 6.45) is 0.828. The quantitative estimate of drug-likeness (QED) is 0.845. The van der Waals surface area contributed by atoms with Crippen LogP contribution in [0.1, 0.15) is 42.1 Å². The minimum atomic E-state index is 0.0477. The summed E-state index contributed by atoms with van der Waals surface area (Å²) in [5.41, 5.74) is 6.20. The number of hydrogen-bond donors (Lipinski definition) is 1. The molecule has 0 aliphatic carbocycles. The molecule has 1 heterocycles. The van der Waals surface area contributed by atoms with Crippen LogP contribution >= 0.6 is 0 Å². The monoisotopic (exact) mass is 252 g/mol. The lowest BCUT2D eigenvalue weighted by Crippen LogP contribution is -2.36. The number of aryl methyl sites for hydroxylation is 2. The number of hydrogen-bond acceptors (Lipinski definition) is 3. The molecule has 4 nitrogen and oxygen atoms in total. The molecule has 0 aromatic carbocycles. The van der Waals surface area contributed by atoms with Crippen molar-refractivity contribution in [3.8, 4) is 0 Å². The van der Waals surface area contributed by atoms with E-state index in [4.69, 9.17) is 10.2 Å². The Balaban J connectivity index is 2.83. The Labute approximate surface area is 109 Å². The van der Waals surface area contributed by atoms with Gasteiger partial charge in [0.25, 0.3) is 5.91 Å². The number of amides is 1. The van der Waals surface area contributed by atoms with Crippen LogP contribution in [0.5, 0.6) is 0 Å². The van der Waals surface area contributed by atoms with Crippen LogP contribution in [-0.4, -0.2) is 30.4 Å². The van der Waals surface area contributed by atoms with Gasteiger partial charge in [0.05, 0.1) is 5.56 Å². The van der Waals surface area contributed by atoms with E-state index < -0.39 is 0 Å². The summed E-state index contributed by atoms with van der Waals surface area (Å²) in [4.78, 5) is 14.3. The molecule has 0 bridgehead atoms. The lowest BCUT2D eigenvalue weighted by molar-refractivity contribution is 0.0733. The fourth-order valence-corrected chi connectivity index (χ4v) is 2.01. The van der Waals surface area contributed by atoms with E-state index in [-0.39, 0.29) is 5.91 Å². The molecule has 0 aliphatic heterocycles. The summed E-state index contributed by atoms with van der Waals surface area (Å²) in [5, 5.41) is 0. The van der Waals surface area contributed by atoms with Crippen molar-refractivity contribution in [1.82, 2.24) is 4.90 Å². The molecule has 0 saturated heterocycles. The largest absolute Gasteiger partial charge is 0.466 e. The molecule has 1 aromatic heterocycles. The highest BCUT2D eigenvalue weighted by Gasteiger charge is 2.20. The predicted molar refractivity (Wildman–Crippen MR) is 72.6 cm³/mol. The van der Waals surface area contributed by atoms with Crippen molar-refractivity contribution >= 4 is 5.91 Å². The zero-order valence-electron chi connectivity index (χ0n) is 11.8. The second-order valence-electron chi connectivity index (χ2n) is 5.11. The van der Waals surface area contributed by atoms with Crippen molar-refractivity contribution in [3.05, 3.63) is 23.2 Å². The van der Waals surface area contributed by atoms with E-state index in [1.165, 1.54) is 0 Å². The number of carbonyl (C=O) groups is 1. The summed E-state index contributed by atoms with van der Waals surface area (Å²) in [7, 11) is 0. The van der Waals surface area contributed by atoms with Crippen LogP contribution in [0.15, 0.2) is 10.5 Å². The summed E-state index contributed by atoms with van der Waals surface area (Å²) >= 11 is 0. The van der Waals surface area contributed by atoms with Gasteiger partial charge in [-0.05, 0) is 38.8 Å². The summed E-state index contributed by atoms with van der Waals surface area (Å²) in [5.74, 6) is 1.96. The molecule has 2 N–H and O–H groups in total. The van der Waals surface area contributed by atoms with Gasteiger partial charge in [-0.25, -0.2) is 0 Å². The van der Waals surface area contributed by atoms with Crippen molar-refractivity contribution < 1.29 is 9.21 Å². The van der Waals surface area contributed by atoms with E-state index in [9.17, 15) is 4.79 Å². The third kappa shape index (κ3) is 3.88. The van der Waals surface area contributed by atoms with E-state index in [1.54, 1.807) is 0 Å². The molecule has 0 spiro atoms. The van der Waals surface area contributed by atoms with E-state index in [1.807, 2.05) is 24.8 Å². The number of rotatable bonds is 6. The highest BCUT2D eigenvalue weighted by atomic mass is 16.3. The number of furan rings is 1. The van der Waals surface area contributed by atoms with E-state index in [2.05, 4.69) is 13.8 Å². The average Bonchev–Trinajstić information content (AvgIpc) is 2.62. The van der Waals surface area contributed by atoms with Gasteiger partial charge in [-0.2, -0.15) is 0 Å². The molecule has 0 fully saturated rings. The molecule has 0 aliphatic rings. The van der Waals surface area contributed by atoms with E-state index in [0.717, 1.165) is 18.7 Å². The van der Waals surface area contributed by atoms with Crippen LogP contribution < -0.4 is 5.73 Å². The molecule has 0 atom stereocenters. The van der Waals surface area contributed by atoms with Crippen molar-refractivity contribution in [2.75, 3.05) is 19.6 Å². The van der Waals surface area contributed by atoms with Crippen molar-refractivity contribution in [2.45, 2.75) is 34.1 Å². The molecular formula is C14H24N2O2. The first-order chi connectivity index (χ1) is 8.45.